The average molecular weight is 306 g/mol. The van der Waals surface area contributed by atoms with E-state index in [1.165, 1.54) is 43.2 Å². The number of rotatable bonds is 5. The molecular weight excluding hydrogens is 286 g/mol. The molecule has 3 nitrogen and oxygen atoms in total. The maximum Gasteiger partial charge on any atom is 0.244 e. The van der Waals surface area contributed by atoms with E-state index in [9.17, 15) is 13.6 Å². The van der Waals surface area contributed by atoms with Gasteiger partial charge in [-0.1, -0.05) is 6.07 Å². The number of nitrogens with one attached hydrogen (secondary N) is 1. The molecule has 5 heteroatoms. The van der Waals surface area contributed by atoms with Gasteiger partial charge < -0.3 is 10.2 Å². The molecule has 22 heavy (non-hydrogen) atoms. The summed E-state index contributed by atoms with van der Waals surface area (Å²) in [6.07, 6.45) is 6.08. The Morgan fingerprint density at radius 1 is 1.27 bits per heavy atom. The lowest BCUT2D eigenvalue weighted by molar-refractivity contribution is -0.116. The largest absolute Gasteiger partial charge is 0.352 e. The predicted octanol–water partition coefficient (Wildman–Crippen LogP) is 2.58. The van der Waals surface area contributed by atoms with Gasteiger partial charge in [-0.05, 0) is 49.9 Å². The molecule has 1 aromatic carbocycles. The van der Waals surface area contributed by atoms with Crippen molar-refractivity contribution in [3.63, 3.8) is 0 Å². The third-order valence-corrected chi connectivity index (χ3v) is 4.35. The van der Waals surface area contributed by atoms with Crippen LogP contribution in [0.4, 0.5) is 8.78 Å². The lowest BCUT2D eigenvalue weighted by Crippen LogP contribution is -2.30. The number of amides is 1. The molecule has 3 rings (SSSR count). The van der Waals surface area contributed by atoms with Crippen molar-refractivity contribution in [3.05, 3.63) is 41.5 Å². The van der Waals surface area contributed by atoms with Gasteiger partial charge in [0.05, 0.1) is 0 Å². The Morgan fingerprint density at radius 2 is 2.00 bits per heavy atom. The van der Waals surface area contributed by atoms with Crippen LogP contribution < -0.4 is 5.32 Å². The third kappa shape index (κ3) is 3.71. The summed E-state index contributed by atoms with van der Waals surface area (Å²) < 4.78 is 26.9. The second kappa shape index (κ2) is 6.57. The van der Waals surface area contributed by atoms with Crippen LogP contribution in [0.2, 0.25) is 0 Å². The molecule has 118 valence electrons. The fraction of sp³-hybridized carbons (Fsp3) is 0.471. The van der Waals surface area contributed by atoms with E-state index in [-0.39, 0.29) is 11.5 Å². The Balaban J connectivity index is 1.47. The number of likely N-dealkylation sites (tertiary alicyclic amines) is 1. The van der Waals surface area contributed by atoms with E-state index in [1.807, 2.05) is 0 Å². The van der Waals surface area contributed by atoms with E-state index in [0.717, 1.165) is 25.6 Å². The van der Waals surface area contributed by atoms with Crippen molar-refractivity contribution in [2.75, 3.05) is 19.6 Å². The van der Waals surface area contributed by atoms with Gasteiger partial charge in [-0.2, -0.15) is 0 Å². The van der Waals surface area contributed by atoms with Crippen molar-refractivity contribution in [1.82, 2.24) is 10.2 Å². The Hall–Kier alpha value is -1.75. The van der Waals surface area contributed by atoms with Crippen LogP contribution in [0, 0.1) is 17.6 Å². The molecule has 1 atom stereocenters. The van der Waals surface area contributed by atoms with Crippen LogP contribution >= 0.6 is 0 Å². The predicted molar refractivity (Wildman–Crippen MR) is 81.1 cm³/mol. The van der Waals surface area contributed by atoms with Crippen molar-refractivity contribution in [2.45, 2.75) is 25.3 Å². The molecule has 2 aliphatic rings. The average Bonchev–Trinajstić information content (AvgIpc) is 3.23. The number of halogens is 2. The number of hydrogen-bond donors (Lipinski definition) is 1. The highest BCUT2D eigenvalue weighted by Gasteiger charge is 2.34. The molecule has 0 aromatic heterocycles. The topological polar surface area (TPSA) is 32.3 Å². The first kappa shape index (κ1) is 15.2. The Morgan fingerprint density at radius 3 is 2.68 bits per heavy atom. The van der Waals surface area contributed by atoms with Gasteiger partial charge in [0.2, 0.25) is 5.91 Å². The molecule has 1 saturated carbocycles. The summed E-state index contributed by atoms with van der Waals surface area (Å²) in [6.45, 7) is 2.77. The van der Waals surface area contributed by atoms with Gasteiger partial charge in [-0.15, -0.1) is 0 Å². The monoisotopic (exact) mass is 306 g/mol. The molecule has 1 amide bonds. The van der Waals surface area contributed by atoms with Gasteiger partial charge in [0, 0.05) is 30.8 Å². The molecule has 0 radical (unpaired) electrons. The number of nitrogens with zero attached hydrogens (tertiary/aromatic N) is 1. The Kier molecular flexibility index (Phi) is 4.52. The van der Waals surface area contributed by atoms with Gasteiger partial charge in [0.1, 0.15) is 11.6 Å². The summed E-state index contributed by atoms with van der Waals surface area (Å²) in [6, 6.07) is 4.41. The van der Waals surface area contributed by atoms with Crippen LogP contribution in [0.15, 0.2) is 24.3 Å². The molecule has 1 N–H and O–H groups in total. The van der Waals surface area contributed by atoms with Crippen molar-refractivity contribution in [3.8, 4) is 0 Å². The summed E-state index contributed by atoms with van der Waals surface area (Å²) in [4.78, 5) is 14.3. The zero-order chi connectivity index (χ0) is 15.5. The molecule has 1 saturated heterocycles. The van der Waals surface area contributed by atoms with E-state index in [2.05, 4.69) is 10.2 Å². The molecule has 0 unspecified atom stereocenters. The minimum atomic E-state index is -0.667. The smallest absolute Gasteiger partial charge is 0.244 e. The number of benzene rings is 1. The minimum Gasteiger partial charge on any atom is -0.352 e. The normalized spacial score (nSPS) is 22.4. The first-order valence-corrected chi connectivity index (χ1v) is 7.77. The summed E-state index contributed by atoms with van der Waals surface area (Å²) in [5.74, 6) is -1.17. The van der Waals surface area contributed by atoms with E-state index in [0.29, 0.717) is 12.5 Å². The maximum absolute atomic E-state index is 13.4. The van der Waals surface area contributed by atoms with Crippen LogP contribution in [0.1, 0.15) is 24.8 Å². The van der Waals surface area contributed by atoms with Crippen LogP contribution in [-0.2, 0) is 4.79 Å². The van der Waals surface area contributed by atoms with Gasteiger partial charge >= 0.3 is 0 Å². The minimum absolute atomic E-state index is 0.182. The van der Waals surface area contributed by atoms with Crippen molar-refractivity contribution < 1.29 is 13.6 Å². The SMILES string of the molecule is O=C(/C=C\c1c(F)cccc1F)NC[C@@H]1CCN(C2CC2)C1. The van der Waals surface area contributed by atoms with E-state index < -0.39 is 11.6 Å². The van der Waals surface area contributed by atoms with Crippen molar-refractivity contribution >= 4 is 12.0 Å². The highest BCUT2D eigenvalue weighted by molar-refractivity contribution is 5.91. The van der Waals surface area contributed by atoms with Crippen LogP contribution in [0.25, 0.3) is 6.08 Å². The van der Waals surface area contributed by atoms with Crippen LogP contribution in [-0.4, -0.2) is 36.5 Å². The molecule has 2 fully saturated rings. The van der Waals surface area contributed by atoms with Gasteiger partial charge in [0.25, 0.3) is 0 Å². The highest BCUT2D eigenvalue weighted by Crippen LogP contribution is 2.31. The molecule has 0 bridgehead atoms. The fourth-order valence-corrected chi connectivity index (χ4v) is 2.93. The van der Waals surface area contributed by atoms with E-state index >= 15 is 0 Å². The van der Waals surface area contributed by atoms with Gasteiger partial charge in [-0.3, -0.25) is 4.79 Å². The Bertz CT molecular complexity index is 564. The third-order valence-electron chi connectivity index (χ3n) is 4.35. The van der Waals surface area contributed by atoms with Crippen molar-refractivity contribution in [1.29, 1.82) is 0 Å². The van der Waals surface area contributed by atoms with Crippen molar-refractivity contribution in [2.24, 2.45) is 5.92 Å². The van der Waals surface area contributed by atoms with Crippen LogP contribution in [0.3, 0.4) is 0 Å². The van der Waals surface area contributed by atoms with Crippen LogP contribution in [0.5, 0.6) is 0 Å². The van der Waals surface area contributed by atoms with Gasteiger partial charge in [0.15, 0.2) is 0 Å². The molecular formula is C17H20F2N2O. The summed E-state index contributed by atoms with van der Waals surface area (Å²) in [7, 11) is 0. The quantitative estimate of drug-likeness (QED) is 0.848. The standard InChI is InChI=1S/C17H20F2N2O/c18-15-2-1-3-16(19)14(15)6-7-17(22)20-10-12-8-9-21(11-12)13-4-5-13/h1-3,6-7,12-13H,4-5,8-11H2,(H,20,22)/b7-6-/t12-/m0/s1. The fourth-order valence-electron chi connectivity index (χ4n) is 2.93. The molecule has 1 heterocycles. The maximum atomic E-state index is 13.4. The first-order chi connectivity index (χ1) is 10.6. The molecule has 1 aromatic rings. The number of carbonyl (C=O) groups excluding carboxylic acids is 1. The lowest BCUT2D eigenvalue weighted by Gasteiger charge is -2.14. The zero-order valence-electron chi connectivity index (χ0n) is 12.4. The first-order valence-electron chi connectivity index (χ1n) is 7.77. The second-order valence-electron chi connectivity index (χ2n) is 6.09. The van der Waals surface area contributed by atoms with E-state index in [4.69, 9.17) is 0 Å². The second-order valence-corrected chi connectivity index (χ2v) is 6.09. The number of carbonyl (C=O) groups is 1. The summed E-state index contributed by atoms with van der Waals surface area (Å²) in [5, 5.41) is 2.82. The lowest BCUT2D eigenvalue weighted by atomic mass is 10.1. The van der Waals surface area contributed by atoms with Gasteiger partial charge in [-0.25, -0.2) is 8.78 Å². The number of hydrogen-bond acceptors (Lipinski definition) is 2. The molecule has 0 spiro atoms. The summed E-state index contributed by atoms with van der Waals surface area (Å²) >= 11 is 0. The molecule has 1 aliphatic heterocycles. The highest BCUT2D eigenvalue weighted by atomic mass is 19.1. The molecule has 1 aliphatic carbocycles. The summed E-state index contributed by atoms with van der Waals surface area (Å²) in [5.41, 5.74) is -0.182. The Labute approximate surface area is 129 Å². The van der Waals surface area contributed by atoms with E-state index in [1.54, 1.807) is 0 Å². The zero-order valence-corrected chi connectivity index (χ0v) is 12.4.